The number of nitrogens with zero attached hydrogens (tertiary/aromatic N) is 2. The molecular formula is C28H28N4O3. The zero-order valence-corrected chi connectivity index (χ0v) is 19.6. The number of hydrogen-bond donors (Lipinski definition) is 2. The predicted molar refractivity (Wildman–Crippen MR) is 137 cm³/mol. The number of rotatable bonds is 9. The van der Waals surface area contributed by atoms with Crippen molar-refractivity contribution in [3.63, 3.8) is 0 Å². The van der Waals surface area contributed by atoms with Crippen molar-refractivity contribution in [2.24, 2.45) is 5.10 Å². The van der Waals surface area contributed by atoms with Gasteiger partial charge >= 0.3 is 6.09 Å². The Kier molecular flexibility index (Phi) is 7.91. The minimum atomic E-state index is -0.826. The van der Waals surface area contributed by atoms with Gasteiger partial charge in [0.1, 0.15) is 6.04 Å². The molecule has 0 fully saturated rings. The third-order valence-corrected chi connectivity index (χ3v) is 5.56. The lowest BCUT2D eigenvalue weighted by Crippen LogP contribution is -2.47. The van der Waals surface area contributed by atoms with Gasteiger partial charge in [0.15, 0.2) is 0 Å². The second-order valence-corrected chi connectivity index (χ2v) is 8.06. The number of amides is 2. The standard InChI is InChI=1S/C28H28N4O3/c1-2-35-28(34)30-25(17-21-11-5-3-6-12-21)27(33)31-29-18-23-20-32(19-22-13-7-4-8-14-22)26-16-10-9-15-24(23)26/h3-16,18,20,25H,2,17,19H2,1H3,(H,30,34)(H,31,33)/b29-18-/t25-/m1/s1. The van der Waals surface area contributed by atoms with Crippen LogP contribution in [0.15, 0.2) is 96.2 Å². The lowest BCUT2D eigenvalue weighted by molar-refractivity contribution is -0.123. The van der Waals surface area contributed by atoms with Gasteiger partial charge in [0.25, 0.3) is 5.91 Å². The van der Waals surface area contributed by atoms with Crippen LogP contribution in [-0.2, 0) is 22.5 Å². The fourth-order valence-corrected chi connectivity index (χ4v) is 3.91. The highest BCUT2D eigenvalue weighted by Gasteiger charge is 2.21. The molecule has 3 aromatic carbocycles. The van der Waals surface area contributed by atoms with Gasteiger partial charge in [0, 0.05) is 35.6 Å². The SMILES string of the molecule is CCOC(=O)N[C@H](Cc1ccccc1)C(=O)N/N=C\c1cn(Cc2ccccc2)c2ccccc12. The van der Waals surface area contributed by atoms with Gasteiger partial charge in [-0.05, 0) is 24.1 Å². The molecule has 0 saturated carbocycles. The largest absolute Gasteiger partial charge is 0.450 e. The first-order valence-electron chi connectivity index (χ1n) is 11.6. The van der Waals surface area contributed by atoms with Gasteiger partial charge in [-0.3, -0.25) is 4.79 Å². The van der Waals surface area contributed by atoms with E-state index in [0.717, 1.165) is 28.6 Å². The van der Waals surface area contributed by atoms with Gasteiger partial charge in [-0.15, -0.1) is 0 Å². The number of para-hydroxylation sites is 1. The number of fused-ring (bicyclic) bond motifs is 1. The van der Waals surface area contributed by atoms with Crippen LogP contribution >= 0.6 is 0 Å². The Balaban J connectivity index is 1.49. The molecule has 0 radical (unpaired) electrons. The van der Waals surface area contributed by atoms with Gasteiger partial charge < -0.3 is 14.6 Å². The van der Waals surface area contributed by atoms with Gasteiger partial charge in [0.2, 0.25) is 0 Å². The molecule has 2 N–H and O–H groups in total. The number of ether oxygens (including phenoxy) is 1. The number of nitrogens with one attached hydrogen (secondary N) is 2. The molecule has 35 heavy (non-hydrogen) atoms. The minimum absolute atomic E-state index is 0.219. The highest BCUT2D eigenvalue weighted by molar-refractivity contribution is 6.00. The molecule has 178 valence electrons. The normalized spacial score (nSPS) is 11.9. The Bertz CT molecular complexity index is 1300. The van der Waals surface area contributed by atoms with Crippen molar-refractivity contribution in [3.05, 3.63) is 108 Å². The van der Waals surface area contributed by atoms with Crippen molar-refractivity contribution < 1.29 is 14.3 Å². The lowest BCUT2D eigenvalue weighted by Gasteiger charge is -2.16. The number of carbonyl (C=O) groups excluding carboxylic acids is 2. The first-order chi connectivity index (χ1) is 17.1. The summed E-state index contributed by atoms with van der Waals surface area (Å²) in [6.45, 7) is 2.66. The van der Waals surface area contributed by atoms with E-state index < -0.39 is 18.0 Å². The molecule has 1 atom stereocenters. The topological polar surface area (TPSA) is 84.7 Å². The monoisotopic (exact) mass is 468 g/mol. The van der Waals surface area contributed by atoms with Crippen LogP contribution in [0.1, 0.15) is 23.6 Å². The van der Waals surface area contributed by atoms with Crippen LogP contribution in [0.4, 0.5) is 4.79 Å². The molecule has 7 heteroatoms. The molecule has 1 aromatic heterocycles. The number of benzene rings is 3. The van der Waals surface area contributed by atoms with Crippen molar-refractivity contribution in [2.75, 3.05) is 6.61 Å². The third-order valence-electron chi connectivity index (χ3n) is 5.56. The molecule has 0 unspecified atom stereocenters. The summed E-state index contributed by atoms with van der Waals surface area (Å²) in [7, 11) is 0. The Hall–Kier alpha value is -4.39. The van der Waals surface area contributed by atoms with Crippen LogP contribution < -0.4 is 10.7 Å². The average molecular weight is 469 g/mol. The van der Waals surface area contributed by atoms with Gasteiger partial charge in [-0.25, -0.2) is 10.2 Å². The molecule has 0 saturated heterocycles. The highest BCUT2D eigenvalue weighted by atomic mass is 16.5. The van der Waals surface area contributed by atoms with Crippen molar-refractivity contribution >= 4 is 29.1 Å². The molecule has 4 rings (SSSR count). The van der Waals surface area contributed by atoms with E-state index in [9.17, 15) is 9.59 Å². The van der Waals surface area contributed by atoms with E-state index in [0.29, 0.717) is 6.42 Å². The second-order valence-electron chi connectivity index (χ2n) is 8.06. The van der Waals surface area contributed by atoms with Crippen LogP contribution in [-0.4, -0.2) is 35.4 Å². The molecule has 7 nitrogen and oxygen atoms in total. The fraction of sp³-hybridized carbons (Fsp3) is 0.179. The molecule has 0 spiro atoms. The first-order valence-corrected chi connectivity index (χ1v) is 11.6. The van der Waals surface area contributed by atoms with E-state index in [1.54, 1.807) is 13.1 Å². The maximum absolute atomic E-state index is 12.9. The lowest BCUT2D eigenvalue weighted by atomic mass is 10.1. The van der Waals surface area contributed by atoms with Crippen LogP contribution in [0.3, 0.4) is 0 Å². The molecule has 0 aliphatic heterocycles. The van der Waals surface area contributed by atoms with E-state index in [-0.39, 0.29) is 6.61 Å². The minimum Gasteiger partial charge on any atom is -0.450 e. The van der Waals surface area contributed by atoms with Crippen molar-refractivity contribution in [3.8, 4) is 0 Å². The van der Waals surface area contributed by atoms with E-state index in [2.05, 4.69) is 38.6 Å². The van der Waals surface area contributed by atoms with Crippen LogP contribution in [0.25, 0.3) is 10.9 Å². The maximum Gasteiger partial charge on any atom is 0.407 e. The molecule has 0 bridgehead atoms. The van der Waals surface area contributed by atoms with Gasteiger partial charge in [-0.1, -0.05) is 78.9 Å². The van der Waals surface area contributed by atoms with Crippen molar-refractivity contribution in [2.45, 2.75) is 25.9 Å². The number of carbonyl (C=O) groups is 2. The molecule has 4 aromatic rings. The zero-order chi connectivity index (χ0) is 24.5. The van der Waals surface area contributed by atoms with E-state index >= 15 is 0 Å². The molecule has 0 aliphatic rings. The Morgan fingerprint density at radius 2 is 1.60 bits per heavy atom. The van der Waals surface area contributed by atoms with E-state index in [1.165, 1.54) is 5.56 Å². The number of aromatic nitrogens is 1. The summed E-state index contributed by atoms with van der Waals surface area (Å²) in [4.78, 5) is 24.9. The predicted octanol–water partition coefficient (Wildman–Crippen LogP) is 4.50. The first kappa shape index (κ1) is 23.8. The number of hydrazone groups is 1. The van der Waals surface area contributed by atoms with E-state index in [4.69, 9.17) is 4.74 Å². The van der Waals surface area contributed by atoms with Gasteiger partial charge in [-0.2, -0.15) is 5.10 Å². The molecule has 1 heterocycles. The summed E-state index contributed by atoms with van der Waals surface area (Å²) in [5.41, 5.74) is 6.64. The smallest absolute Gasteiger partial charge is 0.407 e. The number of hydrogen-bond acceptors (Lipinski definition) is 4. The van der Waals surface area contributed by atoms with Crippen molar-refractivity contribution in [1.29, 1.82) is 0 Å². The molecule has 2 amide bonds. The molecule has 0 aliphatic carbocycles. The summed E-state index contributed by atoms with van der Waals surface area (Å²) < 4.78 is 7.12. The Morgan fingerprint density at radius 3 is 2.31 bits per heavy atom. The summed E-state index contributed by atoms with van der Waals surface area (Å²) in [5.74, 6) is -0.425. The third kappa shape index (κ3) is 6.35. The Labute approximate surface area is 204 Å². The van der Waals surface area contributed by atoms with Crippen LogP contribution in [0, 0.1) is 0 Å². The summed E-state index contributed by atoms with van der Waals surface area (Å²) in [6.07, 6.45) is 3.32. The van der Waals surface area contributed by atoms with Crippen LogP contribution in [0.2, 0.25) is 0 Å². The molecular weight excluding hydrogens is 440 g/mol. The van der Waals surface area contributed by atoms with Crippen molar-refractivity contribution in [1.82, 2.24) is 15.3 Å². The summed E-state index contributed by atoms with van der Waals surface area (Å²) in [6, 6.07) is 26.9. The zero-order valence-electron chi connectivity index (χ0n) is 19.6. The van der Waals surface area contributed by atoms with Gasteiger partial charge in [0.05, 0.1) is 12.8 Å². The van der Waals surface area contributed by atoms with E-state index in [1.807, 2.05) is 72.9 Å². The quantitative estimate of drug-likeness (QED) is 0.280. The average Bonchev–Trinajstić information content (AvgIpc) is 3.22. The second kappa shape index (κ2) is 11.7. The summed E-state index contributed by atoms with van der Waals surface area (Å²) in [5, 5.41) is 7.86. The maximum atomic E-state index is 12.9. The summed E-state index contributed by atoms with van der Waals surface area (Å²) >= 11 is 0. The van der Waals surface area contributed by atoms with Crippen LogP contribution in [0.5, 0.6) is 0 Å². The Morgan fingerprint density at radius 1 is 0.943 bits per heavy atom. The fourth-order valence-electron chi connectivity index (χ4n) is 3.91. The highest BCUT2D eigenvalue weighted by Crippen LogP contribution is 2.21. The number of alkyl carbamates (subject to hydrolysis) is 1.